The van der Waals surface area contributed by atoms with E-state index in [1.807, 2.05) is 30.3 Å². The summed E-state index contributed by atoms with van der Waals surface area (Å²) in [5, 5.41) is 0. The molecule has 2 aliphatic heterocycles. The smallest absolute Gasteiger partial charge is 0.338 e. The minimum absolute atomic E-state index is 0.133. The predicted octanol–water partition coefficient (Wildman–Crippen LogP) is 3.37. The van der Waals surface area contributed by atoms with Gasteiger partial charge in [-0.15, -0.1) is 0 Å². The molecule has 0 amide bonds. The topological polar surface area (TPSA) is 82.4 Å². The van der Waals surface area contributed by atoms with Crippen molar-refractivity contribution in [2.75, 3.05) is 31.4 Å². The van der Waals surface area contributed by atoms with Crippen LogP contribution in [0.15, 0.2) is 63.5 Å². The summed E-state index contributed by atoms with van der Waals surface area (Å²) in [7, 11) is 0. The molecule has 3 heterocycles. The maximum atomic E-state index is 13.8. The van der Waals surface area contributed by atoms with Gasteiger partial charge in [0.05, 0.1) is 28.5 Å². The fourth-order valence-electron chi connectivity index (χ4n) is 4.71. The van der Waals surface area contributed by atoms with Crippen LogP contribution in [0.4, 0.5) is 5.69 Å². The van der Waals surface area contributed by atoms with Crippen LogP contribution in [0.25, 0.3) is 6.08 Å². The molecule has 0 unspecified atom stereocenters. The van der Waals surface area contributed by atoms with E-state index in [2.05, 4.69) is 35.9 Å². The van der Waals surface area contributed by atoms with Gasteiger partial charge in [0, 0.05) is 18.8 Å². The van der Waals surface area contributed by atoms with Crippen LogP contribution in [0.5, 0.6) is 11.5 Å². The second kappa shape index (κ2) is 10.3. The first-order valence-corrected chi connectivity index (χ1v) is 13.2. The zero-order valence-electron chi connectivity index (χ0n) is 21.3. The Morgan fingerprint density at radius 2 is 1.86 bits per heavy atom. The molecule has 5 rings (SSSR count). The van der Waals surface area contributed by atoms with Crippen LogP contribution < -0.4 is 29.3 Å². The maximum Gasteiger partial charge on any atom is 0.338 e. The molecule has 0 bridgehead atoms. The van der Waals surface area contributed by atoms with Crippen LogP contribution in [0.1, 0.15) is 44.9 Å². The average Bonchev–Trinajstić information content (AvgIpc) is 3.48. The lowest BCUT2D eigenvalue weighted by atomic mass is 9.95. The Morgan fingerprint density at radius 1 is 1.14 bits per heavy atom. The van der Waals surface area contributed by atoms with E-state index in [0.29, 0.717) is 32.1 Å². The molecular formula is C28H29N3O5S. The Morgan fingerprint density at radius 3 is 2.57 bits per heavy atom. The van der Waals surface area contributed by atoms with Gasteiger partial charge in [0.1, 0.15) is 0 Å². The van der Waals surface area contributed by atoms with Crippen molar-refractivity contribution in [1.82, 2.24) is 4.57 Å². The molecule has 8 nitrogen and oxygen atoms in total. The highest BCUT2D eigenvalue weighted by Crippen LogP contribution is 2.38. The normalized spacial score (nSPS) is 16.4. The van der Waals surface area contributed by atoms with E-state index < -0.39 is 12.0 Å². The summed E-state index contributed by atoms with van der Waals surface area (Å²) in [4.78, 5) is 34.3. The Hall–Kier alpha value is -3.85. The molecule has 0 fully saturated rings. The standard InChI is InChI=1S/C28H29N3O5S/c1-5-30(6-2)20-11-8-18(9-12-20)14-23-26(32)31-25(19-10-13-21-22(15-19)36-16-35-21)24(27(33)34-7-3)17(4)29-28(31)37-23/h8-15,25H,5-7,16H2,1-4H3/b23-14-/t25-/m0/s1. The van der Waals surface area contributed by atoms with Gasteiger partial charge in [-0.2, -0.15) is 0 Å². The van der Waals surface area contributed by atoms with Crippen molar-refractivity contribution in [3.63, 3.8) is 0 Å². The van der Waals surface area contributed by atoms with Gasteiger partial charge in [-0.3, -0.25) is 9.36 Å². The molecule has 192 valence electrons. The number of rotatable bonds is 7. The van der Waals surface area contributed by atoms with Crippen LogP contribution in [0.2, 0.25) is 0 Å². The van der Waals surface area contributed by atoms with E-state index in [-0.39, 0.29) is 19.0 Å². The number of thiazole rings is 1. The molecule has 2 aliphatic rings. The van der Waals surface area contributed by atoms with Crippen molar-refractivity contribution in [2.45, 2.75) is 33.7 Å². The van der Waals surface area contributed by atoms with Crippen molar-refractivity contribution >= 4 is 29.1 Å². The average molecular weight is 520 g/mol. The Bertz CT molecular complexity index is 1550. The first kappa shape index (κ1) is 24.8. The Kier molecular flexibility index (Phi) is 6.88. The van der Waals surface area contributed by atoms with Gasteiger partial charge >= 0.3 is 5.97 Å². The zero-order valence-corrected chi connectivity index (χ0v) is 22.1. The number of ether oxygens (including phenoxy) is 3. The van der Waals surface area contributed by atoms with E-state index in [4.69, 9.17) is 14.2 Å². The van der Waals surface area contributed by atoms with Crippen molar-refractivity contribution in [3.05, 3.63) is 84.5 Å². The highest BCUT2D eigenvalue weighted by Gasteiger charge is 2.34. The Balaban J connectivity index is 1.63. The van der Waals surface area contributed by atoms with Crippen molar-refractivity contribution in [2.24, 2.45) is 4.99 Å². The largest absolute Gasteiger partial charge is 0.463 e. The van der Waals surface area contributed by atoms with Gasteiger partial charge < -0.3 is 19.1 Å². The van der Waals surface area contributed by atoms with Crippen LogP contribution in [0, 0.1) is 0 Å². The molecule has 0 N–H and O–H groups in total. The maximum absolute atomic E-state index is 13.8. The number of benzene rings is 2. The van der Waals surface area contributed by atoms with Crippen LogP contribution in [-0.2, 0) is 9.53 Å². The number of hydrogen-bond donors (Lipinski definition) is 0. The molecule has 0 radical (unpaired) electrons. The summed E-state index contributed by atoms with van der Waals surface area (Å²) in [6.45, 7) is 9.99. The van der Waals surface area contributed by atoms with Crippen LogP contribution in [0.3, 0.4) is 0 Å². The second-order valence-electron chi connectivity index (χ2n) is 8.68. The fourth-order valence-corrected chi connectivity index (χ4v) is 5.76. The molecule has 3 aromatic rings. The number of nitrogens with zero attached hydrogens (tertiary/aromatic N) is 3. The summed E-state index contributed by atoms with van der Waals surface area (Å²) in [5.41, 5.74) is 3.43. The lowest BCUT2D eigenvalue weighted by Crippen LogP contribution is -2.39. The van der Waals surface area contributed by atoms with Gasteiger partial charge in [-0.05, 0) is 69.2 Å². The van der Waals surface area contributed by atoms with E-state index in [1.165, 1.54) is 11.3 Å². The quantitative estimate of drug-likeness (QED) is 0.445. The second-order valence-corrected chi connectivity index (χ2v) is 9.69. The fraction of sp³-hybridized carbons (Fsp3) is 0.321. The zero-order chi connectivity index (χ0) is 26.1. The van der Waals surface area contributed by atoms with Crippen molar-refractivity contribution in [3.8, 4) is 11.5 Å². The number of esters is 1. The predicted molar refractivity (Wildman–Crippen MR) is 143 cm³/mol. The highest BCUT2D eigenvalue weighted by molar-refractivity contribution is 7.07. The van der Waals surface area contributed by atoms with E-state index in [9.17, 15) is 9.59 Å². The van der Waals surface area contributed by atoms with Gasteiger partial charge in [0.2, 0.25) is 6.79 Å². The molecule has 37 heavy (non-hydrogen) atoms. The van der Waals surface area contributed by atoms with E-state index in [1.54, 1.807) is 24.5 Å². The van der Waals surface area contributed by atoms with Gasteiger partial charge in [0.25, 0.3) is 5.56 Å². The van der Waals surface area contributed by atoms with Gasteiger partial charge in [0.15, 0.2) is 16.3 Å². The summed E-state index contributed by atoms with van der Waals surface area (Å²) < 4.78 is 18.5. The summed E-state index contributed by atoms with van der Waals surface area (Å²) >= 11 is 1.31. The van der Waals surface area contributed by atoms with Gasteiger partial charge in [-0.25, -0.2) is 9.79 Å². The molecule has 0 spiro atoms. The third-order valence-electron chi connectivity index (χ3n) is 6.55. The number of carbonyl (C=O) groups excluding carboxylic acids is 1. The SMILES string of the molecule is CCOC(=O)C1=C(C)N=c2s/c(=C\c3ccc(N(CC)CC)cc3)c(=O)n2[C@H]1c1ccc2c(c1)OCO2. The third kappa shape index (κ3) is 4.55. The van der Waals surface area contributed by atoms with Crippen LogP contribution in [-0.4, -0.2) is 37.0 Å². The molecule has 1 atom stereocenters. The number of hydrogen-bond acceptors (Lipinski definition) is 8. The van der Waals surface area contributed by atoms with Crippen molar-refractivity contribution in [1.29, 1.82) is 0 Å². The minimum atomic E-state index is -0.697. The summed E-state index contributed by atoms with van der Waals surface area (Å²) in [5.74, 6) is 0.709. The Labute approximate surface area is 218 Å². The van der Waals surface area contributed by atoms with Gasteiger partial charge in [-0.1, -0.05) is 29.5 Å². The number of carbonyl (C=O) groups is 1. The molecule has 0 aliphatic carbocycles. The first-order chi connectivity index (χ1) is 17.9. The molecular weight excluding hydrogens is 490 g/mol. The van der Waals surface area contributed by atoms with Crippen LogP contribution >= 0.6 is 11.3 Å². The third-order valence-corrected chi connectivity index (χ3v) is 7.53. The molecule has 2 aromatic carbocycles. The number of anilines is 1. The molecule has 0 saturated carbocycles. The summed E-state index contributed by atoms with van der Waals surface area (Å²) in [6, 6.07) is 12.9. The minimum Gasteiger partial charge on any atom is -0.463 e. The first-order valence-electron chi connectivity index (χ1n) is 12.4. The number of aromatic nitrogens is 1. The van der Waals surface area contributed by atoms with Crippen molar-refractivity contribution < 1.29 is 19.0 Å². The number of allylic oxidation sites excluding steroid dienone is 1. The highest BCUT2D eigenvalue weighted by atomic mass is 32.1. The number of fused-ring (bicyclic) bond motifs is 2. The lowest BCUT2D eigenvalue weighted by Gasteiger charge is -2.24. The molecule has 9 heteroatoms. The molecule has 1 aromatic heterocycles. The molecule has 0 saturated heterocycles. The monoisotopic (exact) mass is 519 g/mol. The summed E-state index contributed by atoms with van der Waals surface area (Å²) in [6.07, 6.45) is 1.87. The van der Waals surface area contributed by atoms with E-state index in [0.717, 1.165) is 29.9 Å². The lowest BCUT2D eigenvalue weighted by molar-refractivity contribution is -0.139. The van der Waals surface area contributed by atoms with E-state index >= 15 is 0 Å².